The van der Waals surface area contributed by atoms with Gasteiger partial charge in [-0.15, -0.1) is 0 Å². The normalized spacial score (nSPS) is 13.5. The maximum atomic E-state index is 11.5. The minimum absolute atomic E-state index is 0.0798. The highest BCUT2D eigenvalue weighted by molar-refractivity contribution is 5.72. The van der Waals surface area contributed by atoms with Crippen molar-refractivity contribution < 1.29 is 9.53 Å². The second kappa shape index (κ2) is 5.31. The molecule has 5 nitrogen and oxygen atoms in total. The number of hydrogen-bond donors (Lipinski definition) is 1. The summed E-state index contributed by atoms with van der Waals surface area (Å²) in [5, 5.41) is 7.19. The molecule has 0 aromatic carbocycles. The van der Waals surface area contributed by atoms with E-state index in [0.717, 1.165) is 5.56 Å². The highest BCUT2D eigenvalue weighted by Crippen LogP contribution is 2.10. The summed E-state index contributed by atoms with van der Waals surface area (Å²) in [6.45, 7) is 7.76. The van der Waals surface area contributed by atoms with E-state index in [1.807, 2.05) is 40.9 Å². The van der Waals surface area contributed by atoms with Crippen LogP contribution in [0.4, 0.5) is 0 Å². The molecule has 1 aromatic rings. The van der Waals surface area contributed by atoms with Crippen molar-refractivity contribution in [2.45, 2.75) is 39.3 Å². The lowest BCUT2D eigenvalue weighted by Gasteiger charge is -2.20. The number of nitrogens with zero attached hydrogens (tertiary/aromatic N) is 2. The van der Waals surface area contributed by atoms with Crippen LogP contribution in [0.5, 0.6) is 0 Å². The van der Waals surface area contributed by atoms with Crippen LogP contribution in [-0.4, -0.2) is 27.9 Å². The average Bonchev–Trinajstić information content (AvgIpc) is 2.58. The van der Waals surface area contributed by atoms with Crippen molar-refractivity contribution >= 4 is 5.97 Å². The zero-order valence-electron chi connectivity index (χ0n) is 11.2. The Morgan fingerprint density at radius 1 is 1.59 bits per heavy atom. The van der Waals surface area contributed by atoms with Crippen LogP contribution in [0.15, 0.2) is 12.4 Å². The van der Waals surface area contributed by atoms with Gasteiger partial charge in [-0.05, 0) is 27.7 Å². The molecule has 0 aliphatic heterocycles. The third-order valence-corrected chi connectivity index (χ3v) is 2.20. The summed E-state index contributed by atoms with van der Waals surface area (Å²) in [6.07, 6.45) is 3.71. The van der Waals surface area contributed by atoms with Crippen LogP contribution in [0.25, 0.3) is 0 Å². The van der Waals surface area contributed by atoms with Gasteiger partial charge in [0.1, 0.15) is 5.60 Å². The van der Waals surface area contributed by atoms with E-state index in [1.54, 1.807) is 10.9 Å². The Morgan fingerprint density at radius 3 is 2.71 bits per heavy atom. The van der Waals surface area contributed by atoms with Gasteiger partial charge in [-0.2, -0.15) is 5.10 Å². The van der Waals surface area contributed by atoms with Gasteiger partial charge in [-0.3, -0.25) is 9.48 Å². The van der Waals surface area contributed by atoms with Gasteiger partial charge in [-0.1, -0.05) is 0 Å². The highest BCUT2D eigenvalue weighted by Gasteiger charge is 2.17. The largest absolute Gasteiger partial charge is 0.459 e. The lowest BCUT2D eigenvalue weighted by molar-refractivity contribution is -0.153. The van der Waals surface area contributed by atoms with E-state index < -0.39 is 5.60 Å². The Kier molecular flexibility index (Phi) is 4.28. The third kappa shape index (κ3) is 4.99. The minimum Gasteiger partial charge on any atom is -0.459 e. The van der Waals surface area contributed by atoms with Crippen LogP contribution in [-0.2, 0) is 16.6 Å². The summed E-state index contributed by atoms with van der Waals surface area (Å²) in [6, 6.07) is 0.0798. The first kappa shape index (κ1) is 13.7. The summed E-state index contributed by atoms with van der Waals surface area (Å²) >= 11 is 0. The molecule has 1 atom stereocenters. The number of carbonyl (C=O) groups excluding carboxylic acids is 1. The number of hydrogen-bond acceptors (Lipinski definition) is 4. The molecule has 1 rings (SSSR count). The number of ether oxygens (including phenoxy) is 1. The van der Waals surface area contributed by atoms with E-state index in [2.05, 4.69) is 10.4 Å². The molecule has 17 heavy (non-hydrogen) atoms. The number of aromatic nitrogens is 2. The van der Waals surface area contributed by atoms with Crippen LogP contribution < -0.4 is 5.32 Å². The number of nitrogens with one attached hydrogen (secondary N) is 1. The van der Waals surface area contributed by atoms with Gasteiger partial charge in [0, 0.05) is 24.8 Å². The maximum Gasteiger partial charge on any atom is 0.320 e. The predicted octanol–water partition coefficient (Wildman–Crippen LogP) is 1.41. The Balaban J connectivity index is 2.38. The highest BCUT2D eigenvalue weighted by atomic mass is 16.6. The SMILES string of the molecule is CC(NCC(=O)OC(C)(C)C)c1cnn(C)c1. The van der Waals surface area contributed by atoms with Crippen molar-refractivity contribution in [2.75, 3.05) is 6.54 Å². The fourth-order valence-electron chi connectivity index (χ4n) is 1.40. The summed E-state index contributed by atoms with van der Waals surface area (Å²) < 4.78 is 6.94. The third-order valence-electron chi connectivity index (χ3n) is 2.20. The zero-order valence-corrected chi connectivity index (χ0v) is 11.2. The first-order valence-electron chi connectivity index (χ1n) is 5.72. The van der Waals surface area contributed by atoms with E-state index in [-0.39, 0.29) is 18.6 Å². The average molecular weight is 239 g/mol. The Morgan fingerprint density at radius 2 is 2.24 bits per heavy atom. The Hall–Kier alpha value is -1.36. The molecule has 5 heteroatoms. The molecule has 0 spiro atoms. The van der Waals surface area contributed by atoms with Crippen LogP contribution in [0, 0.1) is 0 Å². The lowest BCUT2D eigenvalue weighted by Crippen LogP contribution is -2.32. The van der Waals surface area contributed by atoms with E-state index in [4.69, 9.17) is 4.74 Å². The van der Waals surface area contributed by atoms with E-state index in [1.165, 1.54) is 0 Å². The summed E-state index contributed by atoms with van der Waals surface area (Å²) in [5.74, 6) is -0.242. The van der Waals surface area contributed by atoms with Gasteiger partial charge in [0.15, 0.2) is 0 Å². The number of aryl methyl sites for hydroxylation is 1. The molecule has 1 aromatic heterocycles. The van der Waals surface area contributed by atoms with Gasteiger partial charge in [-0.25, -0.2) is 0 Å². The quantitative estimate of drug-likeness (QED) is 0.807. The Labute approximate surface area is 102 Å². The first-order chi connectivity index (χ1) is 7.78. The topological polar surface area (TPSA) is 56.1 Å². The molecule has 96 valence electrons. The summed E-state index contributed by atoms with van der Waals surface area (Å²) in [7, 11) is 1.87. The van der Waals surface area contributed by atoms with E-state index in [0.29, 0.717) is 0 Å². The molecule has 0 saturated heterocycles. The van der Waals surface area contributed by atoms with E-state index >= 15 is 0 Å². The second-order valence-electron chi connectivity index (χ2n) is 5.14. The van der Waals surface area contributed by atoms with Crippen molar-refractivity contribution in [3.8, 4) is 0 Å². The second-order valence-corrected chi connectivity index (χ2v) is 5.14. The summed E-state index contributed by atoms with van der Waals surface area (Å²) in [4.78, 5) is 11.5. The molecule has 1 unspecified atom stereocenters. The fraction of sp³-hybridized carbons (Fsp3) is 0.667. The molecular formula is C12H21N3O2. The monoisotopic (exact) mass is 239 g/mol. The first-order valence-corrected chi connectivity index (χ1v) is 5.72. The molecule has 0 aliphatic rings. The van der Waals surface area contributed by atoms with Crippen LogP contribution in [0.2, 0.25) is 0 Å². The number of rotatable bonds is 4. The smallest absolute Gasteiger partial charge is 0.320 e. The van der Waals surface area contributed by atoms with Crippen molar-refractivity contribution in [1.82, 2.24) is 15.1 Å². The fourth-order valence-corrected chi connectivity index (χ4v) is 1.40. The molecule has 0 fully saturated rings. The molecule has 0 radical (unpaired) electrons. The standard InChI is InChI=1S/C12H21N3O2/c1-9(10-6-14-15(5)8-10)13-7-11(16)17-12(2,3)4/h6,8-9,13H,7H2,1-5H3. The number of carbonyl (C=O) groups is 1. The molecule has 0 amide bonds. The zero-order chi connectivity index (χ0) is 13.1. The van der Waals surface area contributed by atoms with Crippen molar-refractivity contribution in [3.63, 3.8) is 0 Å². The van der Waals surface area contributed by atoms with Gasteiger partial charge in [0.25, 0.3) is 0 Å². The van der Waals surface area contributed by atoms with Gasteiger partial charge < -0.3 is 10.1 Å². The van der Waals surface area contributed by atoms with Gasteiger partial charge in [0.05, 0.1) is 12.7 Å². The predicted molar refractivity (Wildman–Crippen MR) is 65.5 cm³/mol. The maximum absolute atomic E-state index is 11.5. The van der Waals surface area contributed by atoms with Crippen LogP contribution in [0.3, 0.4) is 0 Å². The summed E-state index contributed by atoms with van der Waals surface area (Å²) in [5.41, 5.74) is 0.618. The minimum atomic E-state index is -0.434. The molecule has 1 N–H and O–H groups in total. The molecule has 0 aliphatic carbocycles. The van der Waals surface area contributed by atoms with Crippen LogP contribution >= 0.6 is 0 Å². The van der Waals surface area contributed by atoms with E-state index in [9.17, 15) is 4.79 Å². The molecule has 0 saturated carbocycles. The molecule has 0 bridgehead atoms. The van der Waals surface area contributed by atoms with Crippen LogP contribution in [0.1, 0.15) is 39.3 Å². The van der Waals surface area contributed by atoms with Crippen molar-refractivity contribution in [2.24, 2.45) is 7.05 Å². The Bertz CT molecular complexity index is 379. The number of esters is 1. The van der Waals surface area contributed by atoms with Gasteiger partial charge in [0.2, 0.25) is 0 Å². The lowest BCUT2D eigenvalue weighted by atomic mass is 10.2. The van der Waals surface area contributed by atoms with Crippen molar-refractivity contribution in [1.29, 1.82) is 0 Å². The van der Waals surface area contributed by atoms with Gasteiger partial charge >= 0.3 is 5.97 Å². The molecule has 1 heterocycles. The van der Waals surface area contributed by atoms with Crippen molar-refractivity contribution in [3.05, 3.63) is 18.0 Å². The molecular weight excluding hydrogens is 218 g/mol.